The van der Waals surface area contributed by atoms with Crippen LogP contribution in [0, 0.1) is 0 Å². The van der Waals surface area contributed by atoms with E-state index in [0.29, 0.717) is 13.0 Å². The monoisotopic (exact) mass is 819 g/mol. The van der Waals surface area contributed by atoms with Crippen molar-refractivity contribution in [3.8, 4) is 0 Å². The standard InChI is InChI=1S/C43H79O12P/c1-3-5-7-9-11-13-15-17-18-19-21-23-25-27-29-31-33-52-34-36(35-53-56(50,51)55-43-41(48)39(46)38(45)40(47)42(43)49)54-37(44)32-30-28-26-24-22-20-16-14-12-10-8-6-4-2/h6,8,12,14,20,22,36,38-43,45-49H,3-5,7,9-11,13,15-19,21,23-35H2,1-2H3,(H,50,51)/b8-6-,14-12-,22-20-. The molecule has 0 bridgehead atoms. The minimum absolute atomic E-state index is 0.0864. The van der Waals surface area contributed by atoms with E-state index >= 15 is 0 Å². The fraction of sp³-hybridized carbons (Fsp3) is 0.837. The molecule has 0 aromatic rings. The SMILES string of the molecule is CC/C=C\C/C=C\C/C=C\CCCCCC(=O)OC(COCCCCCCCCCCCCCCCCCC)COP(=O)(O)OC1C(O)C(O)C(O)C(O)C1O. The first-order valence-corrected chi connectivity index (χ1v) is 23.3. The smallest absolute Gasteiger partial charge is 0.457 e. The van der Waals surface area contributed by atoms with Crippen molar-refractivity contribution in [3.63, 3.8) is 0 Å². The minimum atomic E-state index is -5.02. The van der Waals surface area contributed by atoms with Gasteiger partial charge in [-0.1, -0.05) is 153 Å². The van der Waals surface area contributed by atoms with Crippen LogP contribution < -0.4 is 0 Å². The van der Waals surface area contributed by atoms with E-state index in [1.807, 2.05) is 0 Å². The zero-order valence-corrected chi connectivity index (χ0v) is 35.6. The van der Waals surface area contributed by atoms with E-state index in [4.69, 9.17) is 18.5 Å². The highest BCUT2D eigenvalue weighted by atomic mass is 31.2. The molecule has 6 N–H and O–H groups in total. The van der Waals surface area contributed by atoms with Crippen molar-refractivity contribution in [2.75, 3.05) is 19.8 Å². The highest BCUT2D eigenvalue weighted by Crippen LogP contribution is 2.47. The molecule has 1 aliphatic rings. The summed E-state index contributed by atoms with van der Waals surface area (Å²) in [5.41, 5.74) is 0. The maximum Gasteiger partial charge on any atom is 0.472 e. The Hall–Kier alpha value is -1.44. The maximum atomic E-state index is 12.8. The third-order valence-corrected chi connectivity index (χ3v) is 11.0. The molecule has 1 aliphatic carbocycles. The second-order valence-electron chi connectivity index (χ2n) is 15.2. The van der Waals surface area contributed by atoms with Gasteiger partial charge in [0, 0.05) is 13.0 Å². The van der Waals surface area contributed by atoms with Crippen LogP contribution in [0.2, 0.25) is 0 Å². The van der Waals surface area contributed by atoms with Gasteiger partial charge in [-0.2, -0.15) is 0 Å². The number of hydrogen-bond donors (Lipinski definition) is 6. The molecule has 6 unspecified atom stereocenters. The number of carbonyl (C=O) groups excluding carboxylic acids is 1. The normalized spacial score (nSPS) is 23.4. The molecule has 0 amide bonds. The maximum absolute atomic E-state index is 12.8. The Morgan fingerprint density at radius 2 is 1.05 bits per heavy atom. The molecule has 12 nitrogen and oxygen atoms in total. The number of carbonyl (C=O) groups is 1. The Balaban J connectivity index is 2.43. The quantitative estimate of drug-likeness (QED) is 0.0154. The largest absolute Gasteiger partial charge is 0.472 e. The number of unbranched alkanes of at least 4 members (excludes halogenated alkanes) is 18. The van der Waals surface area contributed by atoms with Crippen molar-refractivity contribution in [1.29, 1.82) is 0 Å². The predicted octanol–water partition coefficient (Wildman–Crippen LogP) is 8.31. The summed E-state index contributed by atoms with van der Waals surface area (Å²) < 4.78 is 34.1. The van der Waals surface area contributed by atoms with E-state index in [-0.39, 0.29) is 13.0 Å². The minimum Gasteiger partial charge on any atom is -0.457 e. The first-order chi connectivity index (χ1) is 27.0. The Kier molecular flexibility index (Phi) is 32.3. The molecule has 0 spiro atoms. The molecule has 328 valence electrons. The van der Waals surface area contributed by atoms with Gasteiger partial charge in [-0.3, -0.25) is 13.8 Å². The molecular formula is C43H79O12P. The lowest BCUT2D eigenvalue weighted by Crippen LogP contribution is -2.64. The van der Waals surface area contributed by atoms with Crippen molar-refractivity contribution in [1.82, 2.24) is 0 Å². The van der Waals surface area contributed by atoms with Gasteiger partial charge in [-0.25, -0.2) is 4.57 Å². The van der Waals surface area contributed by atoms with Gasteiger partial charge in [0.25, 0.3) is 0 Å². The summed E-state index contributed by atoms with van der Waals surface area (Å²) in [6.45, 7) is 4.11. The molecule has 0 aliphatic heterocycles. The van der Waals surface area contributed by atoms with E-state index in [1.165, 1.54) is 83.5 Å². The molecule has 0 saturated heterocycles. The molecular weight excluding hydrogens is 739 g/mol. The van der Waals surface area contributed by atoms with Crippen LogP contribution in [-0.4, -0.2) is 98.9 Å². The number of ether oxygens (including phenoxy) is 2. The third-order valence-electron chi connectivity index (χ3n) is 10.0. The number of aliphatic hydroxyl groups is 5. The molecule has 13 heteroatoms. The van der Waals surface area contributed by atoms with Gasteiger partial charge in [0.15, 0.2) is 0 Å². The Morgan fingerprint density at radius 3 is 1.59 bits per heavy atom. The fourth-order valence-electron chi connectivity index (χ4n) is 6.55. The second kappa shape index (κ2) is 34.4. The van der Waals surface area contributed by atoms with E-state index < -0.39 is 63.1 Å². The summed E-state index contributed by atoms with van der Waals surface area (Å²) in [7, 11) is -5.02. The molecule has 1 rings (SSSR count). The summed E-state index contributed by atoms with van der Waals surface area (Å²) in [5.74, 6) is -0.505. The molecule has 6 atom stereocenters. The van der Waals surface area contributed by atoms with Crippen LogP contribution in [-0.2, 0) is 27.9 Å². The topological polar surface area (TPSA) is 192 Å². The average molecular weight is 819 g/mol. The van der Waals surface area contributed by atoms with E-state index in [2.05, 4.69) is 50.3 Å². The number of hydrogen-bond acceptors (Lipinski definition) is 11. The van der Waals surface area contributed by atoms with Crippen LogP contribution in [0.5, 0.6) is 0 Å². The Bertz CT molecular complexity index is 1070. The van der Waals surface area contributed by atoms with E-state index in [9.17, 15) is 39.8 Å². The lowest BCUT2D eigenvalue weighted by atomic mass is 9.85. The summed E-state index contributed by atoms with van der Waals surface area (Å²) in [5, 5.41) is 50.1. The third kappa shape index (κ3) is 26.5. The predicted molar refractivity (Wildman–Crippen MR) is 221 cm³/mol. The van der Waals surface area contributed by atoms with Crippen LogP contribution in [0.3, 0.4) is 0 Å². The van der Waals surface area contributed by atoms with Gasteiger partial charge in [0.05, 0.1) is 13.2 Å². The fourth-order valence-corrected chi connectivity index (χ4v) is 7.52. The van der Waals surface area contributed by atoms with Gasteiger partial charge in [-0.15, -0.1) is 0 Å². The van der Waals surface area contributed by atoms with Crippen LogP contribution >= 0.6 is 7.82 Å². The molecule has 0 heterocycles. The summed E-state index contributed by atoms with van der Waals surface area (Å²) in [6.07, 6.45) is 26.5. The number of phosphoric acid groups is 1. The van der Waals surface area contributed by atoms with Gasteiger partial charge in [-0.05, 0) is 44.9 Å². The molecule has 1 saturated carbocycles. The molecule has 1 fully saturated rings. The van der Waals surface area contributed by atoms with Crippen molar-refractivity contribution in [2.45, 2.75) is 211 Å². The van der Waals surface area contributed by atoms with Gasteiger partial charge in [0.2, 0.25) is 0 Å². The molecule has 0 aromatic carbocycles. The van der Waals surface area contributed by atoms with Gasteiger partial charge in [0.1, 0.15) is 42.7 Å². The highest BCUT2D eigenvalue weighted by molar-refractivity contribution is 7.47. The van der Waals surface area contributed by atoms with Crippen LogP contribution in [0.1, 0.15) is 168 Å². The number of aliphatic hydroxyl groups excluding tert-OH is 5. The lowest BCUT2D eigenvalue weighted by Gasteiger charge is -2.41. The van der Waals surface area contributed by atoms with E-state index in [0.717, 1.165) is 57.8 Å². The van der Waals surface area contributed by atoms with Crippen LogP contribution in [0.15, 0.2) is 36.5 Å². The van der Waals surface area contributed by atoms with Gasteiger partial charge < -0.3 is 39.9 Å². The van der Waals surface area contributed by atoms with Gasteiger partial charge >= 0.3 is 13.8 Å². The molecule has 0 radical (unpaired) electrons. The molecule has 0 aromatic heterocycles. The summed E-state index contributed by atoms with van der Waals surface area (Å²) >= 11 is 0. The van der Waals surface area contributed by atoms with E-state index in [1.54, 1.807) is 0 Å². The Labute approximate surface area is 338 Å². The average Bonchev–Trinajstić information content (AvgIpc) is 3.18. The first-order valence-electron chi connectivity index (χ1n) is 21.8. The number of esters is 1. The number of rotatable bonds is 36. The van der Waals surface area contributed by atoms with Crippen LogP contribution in [0.25, 0.3) is 0 Å². The van der Waals surface area contributed by atoms with Crippen molar-refractivity contribution >= 4 is 13.8 Å². The van der Waals surface area contributed by atoms with Crippen LogP contribution in [0.4, 0.5) is 0 Å². The lowest BCUT2D eigenvalue weighted by molar-refractivity contribution is -0.220. The Morgan fingerprint density at radius 1 is 0.589 bits per heavy atom. The van der Waals surface area contributed by atoms with Crippen molar-refractivity contribution in [3.05, 3.63) is 36.5 Å². The summed E-state index contributed by atoms with van der Waals surface area (Å²) in [6, 6.07) is 0. The molecule has 56 heavy (non-hydrogen) atoms. The second-order valence-corrected chi connectivity index (χ2v) is 16.6. The zero-order chi connectivity index (χ0) is 41.3. The number of allylic oxidation sites excluding steroid dienone is 6. The highest BCUT2D eigenvalue weighted by Gasteiger charge is 2.51. The van der Waals surface area contributed by atoms with Crippen molar-refractivity contribution in [2.24, 2.45) is 0 Å². The van der Waals surface area contributed by atoms with Crippen molar-refractivity contribution < 1.29 is 58.3 Å². The zero-order valence-electron chi connectivity index (χ0n) is 34.7. The first kappa shape index (κ1) is 52.6. The number of phosphoric ester groups is 1. The summed E-state index contributed by atoms with van der Waals surface area (Å²) in [4.78, 5) is 23.1.